The highest BCUT2D eigenvalue weighted by Crippen LogP contribution is 2.18. The highest BCUT2D eigenvalue weighted by molar-refractivity contribution is 6.30. The van der Waals surface area contributed by atoms with E-state index in [-0.39, 0.29) is 23.1 Å². The Labute approximate surface area is 204 Å². The van der Waals surface area contributed by atoms with Crippen LogP contribution in [0.4, 0.5) is 17.6 Å². The number of carbonyl (C=O) groups is 1. The highest BCUT2D eigenvalue weighted by Gasteiger charge is 2.19. The number of rotatable bonds is 8. The topological polar surface area (TPSA) is 115 Å². The molecule has 0 fully saturated rings. The van der Waals surface area contributed by atoms with Gasteiger partial charge in [0.05, 0.1) is 4.92 Å². The van der Waals surface area contributed by atoms with Crippen LogP contribution < -0.4 is 10.6 Å². The molecule has 3 aromatic carbocycles. The SMILES string of the molecule is O=C(c1ccc([N+](=O)[O-])cc1)n1nc(NCc2cccc(Cl)c2)nc1NCc1cccc(Cl)c1. The van der Waals surface area contributed by atoms with Crippen molar-refractivity contribution in [2.75, 3.05) is 10.6 Å². The minimum atomic E-state index is -0.528. The lowest BCUT2D eigenvalue weighted by molar-refractivity contribution is -0.384. The Morgan fingerprint density at radius 2 is 1.50 bits per heavy atom. The minimum Gasteiger partial charge on any atom is -0.350 e. The lowest BCUT2D eigenvalue weighted by Crippen LogP contribution is -2.17. The van der Waals surface area contributed by atoms with E-state index in [2.05, 4.69) is 20.7 Å². The summed E-state index contributed by atoms with van der Waals surface area (Å²) in [7, 11) is 0. The lowest BCUT2D eigenvalue weighted by atomic mass is 10.2. The first-order valence-electron chi connectivity index (χ1n) is 10.1. The maximum Gasteiger partial charge on any atom is 0.281 e. The maximum atomic E-state index is 13.1. The molecule has 1 aromatic heterocycles. The Kier molecular flexibility index (Phi) is 7.05. The van der Waals surface area contributed by atoms with Gasteiger partial charge in [0.1, 0.15) is 0 Å². The predicted octanol–water partition coefficient (Wildman–Crippen LogP) is 5.41. The van der Waals surface area contributed by atoms with Crippen LogP contribution in [0.25, 0.3) is 0 Å². The second kappa shape index (κ2) is 10.3. The van der Waals surface area contributed by atoms with Gasteiger partial charge in [-0.3, -0.25) is 14.9 Å². The van der Waals surface area contributed by atoms with Gasteiger partial charge >= 0.3 is 0 Å². The molecule has 0 atom stereocenters. The van der Waals surface area contributed by atoms with E-state index in [1.165, 1.54) is 24.3 Å². The van der Waals surface area contributed by atoms with Gasteiger partial charge in [0, 0.05) is 40.8 Å². The largest absolute Gasteiger partial charge is 0.350 e. The minimum absolute atomic E-state index is 0.113. The van der Waals surface area contributed by atoms with E-state index < -0.39 is 10.8 Å². The van der Waals surface area contributed by atoms with Crippen LogP contribution in [0.15, 0.2) is 72.8 Å². The molecular weight excluding hydrogens is 479 g/mol. The van der Waals surface area contributed by atoms with Crippen LogP contribution >= 0.6 is 23.2 Å². The molecule has 2 N–H and O–H groups in total. The molecule has 0 unspecified atom stereocenters. The summed E-state index contributed by atoms with van der Waals surface area (Å²) in [5.41, 5.74) is 1.92. The van der Waals surface area contributed by atoms with Crippen LogP contribution in [-0.4, -0.2) is 25.6 Å². The van der Waals surface area contributed by atoms with E-state index in [0.717, 1.165) is 15.8 Å². The van der Waals surface area contributed by atoms with Crippen molar-refractivity contribution >= 4 is 46.7 Å². The zero-order valence-electron chi connectivity index (χ0n) is 17.6. The molecule has 0 amide bonds. The number of benzene rings is 3. The van der Waals surface area contributed by atoms with E-state index >= 15 is 0 Å². The van der Waals surface area contributed by atoms with Crippen molar-refractivity contribution < 1.29 is 9.72 Å². The molecule has 4 aromatic rings. The standard InChI is InChI=1S/C23H18Cl2N6O3/c24-18-5-1-3-15(11-18)13-26-22-28-23(27-14-16-4-2-6-19(25)12-16)30(29-22)21(32)17-7-9-20(10-8-17)31(33)34/h1-12H,13-14H2,(H2,26,27,28,29). The van der Waals surface area contributed by atoms with Gasteiger partial charge in [-0.1, -0.05) is 47.5 Å². The lowest BCUT2D eigenvalue weighted by Gasteiger charge is -2.07. The summed E-state index contributed by atoms with van der Waals surface area (Å²) in [6.45, 7) is 0.741. The molecule has 0 aliphatic rings. The number of halogens is 2. The van der Waals surface area contributed by atoms with E-state index in [1.807, 2.05) is 30.3 Å². The Morgan fingerprint density at radius 3 is 2.06 bits per heavy atom. The molecule has 0 saturated carbocycles. The Morgan fingerprint density at radius 1 is 0.912 bits per heavy atom. The van der Waals surface area contributed by atoms with Crippen molar-refractivity contribution in [1.29, 1.82) is 0 Å². The summed E-state index contributed by atoms with van der Waals surface area (Å²) >= 11 is 12.1. The summed E-state index contributed by atoms with van der Waals surface area (Å²) in [6, 6.07) is 19.9. The van der Waals surface area contributed by atoms with E-state index in [9.17, 15) is 14.9 Å². The van der Waals surface area contributed by atoms with Gasteiger partial charge in [-0.2, -0.15) is 9.67 Å². The molecule has 0 saturated heterocycles. The monoisotopic (exact) mass is 496 g/mol. The molecule has 4 rings (SSSR count). The number of hydrogen-bond donors (Lipinski definition) is 2. The molecule has 0 spiro atoms. The average Bonchev–Trinajstić information content (AvgIpc) is 3.24. The van der Waals surface area contributed by atoms with Crippen LogP contribution in [0.5, 0.6) is 0 Å². The van der Waals surface area contributed by atoms with Gasteiger partial charge in [-0.15, -0.1) is 5.10 Å². The number of nitro groups is 1. The van der Waals surface area contributed by atoms with Crippen molar-refractivity contribution in [2.45, 2.75) is 13.1 Å². The van der Waals surface area contributed by atoms with Crippen LogP contribution in [0.3, 0.4) is 0 Å². The molecule has 9 nitrogen and oxygen atoms in total. The zero-order valence-corrected chi connectivity index (χ0v) is 19.1. The number of non-ortho nitro benzene ring substituents is 1. The van der Waals surface area contributed by atoms with Crippen molar-refractivity contribution in [2.24, 2.45) is 0 Å². The summed E-state index contributed by atoms with van der Waals surface area (Å²) < 4.78 is 1.12. The number of hydrogen-bond acceptors (Lipinski definition) is 7. The van der Waals surface area contributed by atoms with Crippen molar-refractivity contribution in [3.05, 3.63) is 110 Å². The van der Waals surface area contributed by atoms with E-state index in [4.69, 9.17) is 23.2 Å². The molecule has 11 heteroatoms. The number of nitrogens with one attached hydrogen (secondary N) is 2. The maximum absolute atomic E-state index is 13.1. The quantitative estimate of drug-likeness (QED) is 0.247. The fourth-order valence-electron chi connectivity index (χ4n) is 3.15. The Balaban J connectivity index is 1.58. The summed E-state index contributed by atoms with van der Waals surface area (Å²) in [5.74, 6) is -0.0625. The molecule has 1 heterocycles. The third-order valence-corrected chi connectivity index (χ3v) is 5.27. The predicted molar refractivity (Wildman–Crippen MR) is 130 cm³/mol. The van der Waals surface area contributed by atoms with Gasteiger partial charge in [0.25, 0.3) is 11.6 Å². The van der Waals surface area contributed by atoms with Crippen LogP contribution in [0.1, 0.15) is 21.5 Å². The summed E-state index contributed by atoms with van der Waals surface area (Å²) in [4.78, 5) is 27.9. The number of nitrogens with zero attached hydrogens (tertiary/aromatic N) is 4. The van der Waals surface area contributed by atoms with Crippen molar-refractivity contribution in [3.63, 3.8) is 0 Å². The molecular formula is C23H18Cl2N6O3. The fraction of sp³-hybridized carbons (Fsp3) is 0.0870. The first-order valence-corrected chi connectivity index (χ1v) is 10.9. The molecule has 0 aliphatic heterocycles. The molecule has 0 aliphatic carbocycles. The number of nitro benzene ring substituents is 1. The fourth-order valence-corrected chi connectivity index (χ4v) is 3.57. The third kappa shape index (κ3) is 5.69. The normalized spacial score (nSPS) is 10.6. The van der Waals surface area contributed by atoms with E-state index in [1.54, 1.807) is 18.2 Å². The summed E-state index contributed by atoms with van der Waals surface area (Å²) in [5, 5.41) is 22.6. The van der Waals surface area contributed by atoms with E-state index in [0.29, 0.717) is 23.1 Å². The van der Waals surface area contributed by atoms with Gasteiger partial charge in [-0.05, 0) is 47.5 Å². The Hall–Kier alpha value is -3.95. The second-order valence-corrected chi connectivity index (χ2v) is 8.12. The average molecular weight is 497 g/mol. The highest BCUT2D eigenvalue weighted by atomic mass is 35.5. The van der Waals surface area contributed by atoms with Crippen molar-refractivity contribution in [1.82, 2.24) is 14.8 Å². The first kappa shape index (κ1) is 23.2. The molecule has 0 bridgehead atoms. The van der Waals surface area contributed by atoms with Crippen molar-refractivity contribution in [3.8, 4) is 0 Å². The first-order chi connectivity index (χ1) is 16.4. The van der Waals surface area contributed by atoms with Gasteiger partial charge < -0.3 is 10.6 Å². The number of aromatic nitrogens is 3. The van der Waals surface area contributed by atoms with Crippen LogP contribution in [-0.2, 0) is 13.1 Å². The molecule has 0 radical (unpaired) electrons. The number of anilines is 2. The van der Waals surface area contributed by atoms with Gasteiger partial charge in [-0.25, -0.2) is 0 Å². The number of carbonyl (C=O) groups excluding carboxylic acids is 1. The van der Waals surface area contributed by atoms with Gasteiger partial charge in [0.2, 0.25) is 11.9 Å². The third-order valence-electron chi connectivity index (χ3n) is 4.80. The Bertz CT molecular complexity index is 1340. The zero-order chi connectivity index (χ0) is 24.1. The smallest absolute Gasteiger partial charge is 0.281 e. The van der Waals surface area contributed by atoms with Gasteiger partial charge in [0.15, 0.2) is 0 Å². The van der Waals surface area contributed by atoms with Crippen LogP contribution in [0.2, 0.25) is 10.0 Å². The molecule has 34 heavy (non-hydrogen) atoms. The summed E-state index contributed by atoms with van der Waals surface area (Å²) in [6.07, 6.45) is 0. The second-order valence-electron chi connectivity index (χ2n) is 7.25. The van der Waals surface area contributed by atoms with Crippen LogP contribution in [0, 0.1) is 10.1 Å². The molecule has 172 valence electrons.